The summed E-state index contributed by atoms with van der Waals surface area (Å²) >= 11 is 6.52. The van der Waals surface area contributed by atoms with Gasteiger partial charge in [-0.05, 0) is 31.9 Å². The second kappa shape index (κ2) is 7.93. The summed E-state index contributed by atoms with van der Waals surface area (Å²) in [6, 6.07) is 9.49. The predicted molar refractivity (Wildman–Crippen MR) is 105 cm³/mol. The Morgan fingerprint density at radius 2 is 1.79 bits per heavy atom. The lowest BCUT2D eigenvalue weighted by molar-refractivity contribution is -0.142. The standard InChI is InChI=1S/C20H23ClN4O3/c1-14-17(18(21)25(22-14)15-6-3-2-4-7-15)20(27)24-11-9-23(10-12-24)19(26)16-8-5-13-28-16/h2-4,6-7,16H,5,8-13H2,1H3. The molecule has 28 heavy (non-hydrogen) atoms. The molecule has 7 nitrogen and oxygen atoms in total. The molecule has 1 aromatic carbocycles. The van der Waals surface area contributed by atoms with Crippen LogP contribution in [-0.2, 0) is 9.53 Å². The fraction of sp³-hybridized carbons (Fsp3) is 0.450. The normalized spacial score (nSPS) is 19.9. The lowest BCUT2D eigenvalue weighted by Crippen LogP contribution is -2.52. The van der Waals surface area contributed by atoms with Crippen molar-refractivity contribution in [2.24, 2.45) is 0 Å². The summed E-state index contributed by atoms with van der Waals surface area (Å²) in [5.41, 5.74) is 1.82. The number of nitrogens with zero attached hydrogens (tertiary/aromatic N) is 4. The number of aryl methyl sites for hydroxylation is 1. The molecule has 1 aromatic heterocycles. The van der Waals surface area contributed by atoms with E-state index >= 15 is 0 Å². The Morgan fingerprint density at radius 3 is 2.43 bits per heavy atom. The fourth-order valence-corrected chi connectivity index (χ4v) is 4.10. The van der Waals surface area contributed by atoms with Crippen LogP contribution in [-0.4, -0.2) is 70.3 Å². The number of halogens is 1. The van der Waals surface area contributed by atoms with Gasteiger partial charge in [0.15, 0.2) is 0 Å². The molecule has 0 spiro atoms. The number of carbonyl (C=O) groups is 2. The molecule has 4 rings (SSSR count). The Bertz CT molecular complexity index is 869. The molecule has 2 saturated heterocycles. The molecule has 0 saturated carbocycles. The second-order valence-electron chi connectivity index (χ2n) is 7.12. The highest BCUT2D eigenvalue weighted by Gasteiger charge is 2.33. The van der Waals surface area contributed by atoms with Crippen molar-refractivity contribution in [2.45, 2.75) is 25.9 Å². The molecule has 2 aliphatic heterocycles. The van der Waals surface area contributed by atoms with Gasteiger partial charge in [0.2, 0.25) is 0 Å². The Kier molecular flexibility index (Phi) is 5.37. The van der Waals surface area contributed by atoms with Gasteiger partial charge in [-0.25, -0.2) is 4.68 Å². The van der Waals surface area contributed by atoms with E-state index in [9.17, 15) is 9.59 Å². The highest BCUT2D eigenvalue weighted by atomic mass is 35.5. The predicted octanol–water partition coefficient (Wildman–Crippen LogP) is 2.30. The highest BCUT2D eigenvalue weighted by molar-refractivity contribution is 6.33. The number of ether oxygens (including phenoxy) is 1. The first-order chi connectivity index (χ1) is 13.6. The number of para-hydroxylation sites is 1. The summed E-state index contributed by atoms with van der Waals surface area (Å²) in [5, 5.41) is 4.76. The molecular weight excluding hydrogens is 380 g/mol. The minimum absolute atomic E-state index is 0.0377. The summed E-state index contributed by atoms with van der Waals surface area (Å²) in [7, 11) is 0. The van der Waals surface area contributed by atoms with Crippen LogP contribution >= 0.6 is 11.6 Å². The van der Waals surface area contributed by atoms with Crippen molar-refractivity contribution in [3.05, 3.63) is 46.7 Å². The van der Waals surface area contributed by atoms with Crippen molar-refractivity contribution in [3.8, 4) is 5.69 Å². The van der Waals surface area contributed by atoms with Gasteiger partial charge < -0.3 is 14.5 Å². The zero-order valence-corrected chi connectivity index (χ0v) is 16.6. The van der Waals surface area contributed by atoms with Crippen LogP contribution in [0.5, 0.6) is 0 Å². The molecular formula is C20H23ClN4O3. The number of carbonyl (C=O) groups excluding carboxylic acids is 2. The number of rotatable bonds is 3. The topological polar surface area (TPSA) is 67.7 Å². The van der Waals surface area contributed by atoms with Gasteiger partial charge in [-0.2, -0.15) is 5.10 Å². The van der Waals surface area contributed by atoms with Gasteiger partial charge in [-0.15, -0.1) is 0 Å². The molecule has 0 aliphatic carbocycles. The van der Waals surface area contributed by atoms with Gasteiger partial charge >= 0.3 is 0 Å². The van der Waals surface area contributed by atoms with E-state index in [0.717, 1.165) is 18.5 Å². The van der Waals surface area contributed by atoms with E-state index in [1.165, 1.54) is 0 Å². The first-order valence-corrected chi connectivity index (χ1v) is 9.94. The van der Waals surface area contributed by atoms with Crippen LogP contribution in [0.2, 0.25) is 5.15 Å². The molecule has 148 valence electrons. The Labute approximate surface area is 168 Å². The summed E-state index contributed by atoms with van der Waals surface area (Å²) < 4.78 is 7.07. The second-order valence-corrected chi connectivity index (χ2v) is 7.48. The maximum Gasteiger partial charge on any atom is 0.259 e. The SMILES string of the molecule is Cc1nn(-c2ccccc2)c(Cl)c1C(=O)N1CCN(C(=O)C2CCCO2)CC1. The third-order valence-electron chi connectivity index (χ3n) is 5.30. The molecule has 0 N–H and O–H groups in total. The molecule has 0 bridgehead atoms. The van der Waals surface area contributed by atoms with Crippen molar-refractivity contribution in [2.75, 3.05) is 32.8 Å². The smallest absolute Gasteiger partial charge is 0.259 e. The molecule has 0 radical (unpaired) electrons. The van der Waals surface area contributed by atoms with E-state index in [0.29, 0.717) is 49.2 Å². The minimum Gasteiger partial charge on any atom is -0.368 e. The summed E-state index contributed by atoms with van der Waals surface area (Å²) in [6.07, 6.45) is 1.40. The van der Waals surface area contributed by atoms with E-state index < -0.39 is 0 Å². The van der Waals surface area contributed by atoms with Gasteiger partial charge in [0.1, 0.15) is 11.3 Å². The van der Waals surface area contributed by atoms with Gasteiger partial charge in [0.25, 0.3) is 11.8 Å². The third-order valence-corrected chi connectivity index (χ3v) is 5.65. The molecule has 2 aliphatic rings. The van der Waals surface area contributed by atoms with Gasteiger partial charge in [-0.1, -0.05) is 29.8 Å². The van der Waals surface area contributed by atoms with E-state index in [4.69, 9.17) is 16.3 Å². The molecule has 1 unspecified atom stereocenters. The van der Waals surface area contributed by atoms with Crippen LogP contribution in [0.15, 0.2) is 30.3 Å². The zero-order chi connectivity index (χ0) is 19.7. The van der Waals surface area contributed by atoms with Gasteiger partial charge in [-0.3, -0.25) is 9.59 Å². The summed E-state index contributed by atoms with van der Waals surface area (Å²) in [5.74, 6) is -0.107. The summed E-state index contributed by atoms with van der Waals surface area (Å²) in [6.45, 7) is 4.41. The summed E-state index contributed by atoms with van der Waals surface area (Å²) in [4.78, 5) is 29.1. The number of hydrogen-bond acceptors (Lipinski definition) is 4. The lowest BCUT2D eigenvalue weighted by Gasteiger charge is -2.35. The maximum atomic E-state index is 13.1. The first kappa shape index (κ1) is 19.0. The number of aromatic nitrogens is 2. The quantitative estimate of drug-likeness (QED) is 0.790. The average Bonchev–Trinajstić information content (AvgIpc) is 3.36. The van der Waals surface area contributed by atoms with E-state index in [2.05, 4.69) is 5.10 Å². The fourth-order valence-electron chi connectivity index (χ4n) is 3.75. The van der Waals surface area contributed by atoms with Crippen LogP contribution in [0, 0.1) is 6.92 Å². The molecule has 2 fully saturated rings. The Morgan fingerprint density at radius 1 is 1.11 bits per heavy atom. The van der Waals surface area contributed by atoms with Crippen LogP contribution in [0.1, 0.15) is 28.9 Å². The van der Waals surface area contributed by atoms with E-state index in [1.54, 1.807) is 21.4 Å². The molecule has 1 atom stereocenters. The highest BCUT2D eigenvalue weighted by Crippen LogP contribution is 2.25. The molecule has 2 aromatic rings. The van der Waals surface area contributed by atoms with Crippen molar-refractivity contribution >= 4 is 23.4 Å². The van der Waals surface area contributed by atoms with Gasteiger partial charge in [0, 0.05) is 32.8 Å². The van der Waals surface area contributed by atoms with Crippen molar-refractivity contribution in [3.63, 3.8) is 0 Å². The zero-order valence-electron chi connectivity index (χ0n) is 15.8. The van der Waals surface area contributed by atoms with Crippen LogP contribution in [0.4, 0.5) is 0 Å². The van der Waals surface area contributed by atoms with Gasteiger partial charge in [0.05, 0.1) is 16.9 Å². The monoisotopic (exact) mass is 402 g/mol. The van der Waals surface area contributed by atoms with Crippen LogP contribution in [0.3, 0.4) is 0 Å². The first-order valence-electron chi connectivity index (χ1n) is 9.56. The van der Waals surface area contributed by atoms with Crippen molar-refractivity contribution in [1.82, 2.24) is 19.6 Å². The van der Waals surface area contributed by atoms with Crippen LogP contribution < -0.4 is 0 Å². The van der Waals surface area contributed by atoms with E-state index in [1.807, 2.05) is 30.3 Å². The van der Waals surface area contributed by atoms with E-state index in [-0.39, 0.29) is 17.9 Å². The molecule has 2 amide bonds. The number of benzene rings is 1. The number of amides is 2. The largest absolute Gasteiger partial charge is 0.368 e. The van der Waals surface area contributed by atoms with Crippen molar-refractivity contribution in [1.29, 1.82) is 0 Å². The maximum absolute atomic E-state index is 13.1. The minimum atomic E-state index is -0.317. The Hall–Kier alpha value is -2.38. The molecule has 8 heteroatoms. The number of hydrogen-bond donors (Lipinski definition) is 0. The Balaban J connectivity index is 1.46. The van der Waals surface area contributed by atoms with Crippen LogP contribution in [0.25, 0.3) is 5.69 Å². The third kappa shape index (κ3) is 3.52. The molecule has 3 heterocycles. The average molecular weight is 403 g/mol. The van der Waals surface area contributed by atoms with Crippen molar-refractivity contribution < 1.29 is 14.3 Å². The lowest BCUT2D eigenvalue weighted by atomic mass is 10.1. The number of piperazine rings is 1.